The number of hydrogen-bond donors (Lipinski definition) is 0. The second-order valence-electron chi connectivity index (χ2n) is 7.49. The number of nitrogens with zero attached hydrogens (tertiary/aromatic N) is 3. The number of imidazole rings is 1. The maximum atomic E-state index is 11.8. The van der Waals surface area contributed by atoms with Gasteiger partial charge in [0.15, 0.2) is 0 Å². The minimum absolute atomic E-state index is 0.370. The summed E-state index contributed by atoms with van der Waals surface area (Å²) in [5, 5.41) is 0. The number of carbonyl (C=O) groups excluding carboxylic acids is 1. The topological polar surface area (TPSA) is 65.7 Å². The number of fused-ring (bicyclic) bond motifs is 1. The van der Waals surface area contributed by atoms with E-state index in [-0.39, 0.29) is 5.97 Å². The molecule has 5 aromatic rings. The molecule has 0 saturated heterocycles. The highest BCUT2D eigenvalue weighted by molar-refractivity contribution is 5.90. The molecule has 0 aliphatic rings. The van der Waals surface area contributed by atoms with Crippen molar-refractivity contribution in [3.8, 4) is 28.4 Å². The van der Waals surface area contributed by atoms with Crippen LogP contribution < -0.4 is 4.74 Å². The smallest absolute Gasteiger partial charge is 0.337 e. The third-order valence-electron chi connectivity index (χ3n) is 5.37. The van der Waals surface area contributed by atoms with E-state index in [4.69, 9.17) is 14.5 Å². The molecule has 0 spiro atoms. The predicted molar refractivity (Wildman–Crippen MR) is 126 cm³/mol. The lowest BCUT2D eigenvalue weighted by Crippen LogP contribution is -2.00. The van der Waals surface area contributed by atoms with E-state index in [1.165, 1.54) is 7.11 Å². The summed E-state index contributed by atoms with van der Waals surface area (Å²) in [6.45, 7) is 0.494. The third-order valence-corrected chi connectivity index (χ3v) is 5.37. The minimum Gasteiger partial charge on any atom is -0.489 e. The largest absolute Gasteiger partial charge is 0.489 e. The van der Waals surface area contributed by atoms with Crippen LogP contribution in [0.1, 0.15) is 15.9 Å². The van der Waals surface area contributed by atoms with Crippen LogP contribution in [0.2, 0.25) is 0 Å². The van der Waals surface area contributed by atoms with Crippen LogP contribution >= 0.6 is 0 Å². The monoisotopic (exact) mass is 435 g/mol. The number of ether oxygens (including phenoxy) is 2. The lowest BCUT2D eigenvalue weighted by Gasteiger charge is -2.08. The van der Waals surface area contributed by atoms with E-state index in [9.17, 15) is 4.79 Å². The maximum absolute atomic E-state index is 11.8. The summed E-state index contributed by atoms with van der Waals surface area (Å²) in [5.74, 6) is 1.18. The molecule has 5 rings (SSSR count). The van der Waals surface area contributed by atoms with Gasteiger partial charge in [-0.1, -0.05) is 54.6 Å². The number of methoxy groups -OCH3 is 1. The van der Waals surface area contributed by atoms with Gasteiger partial charge in [0, 0.05) is 23.5 Å². The van der Waals surface area contributed by atoms with Crippen molar-refractivity contribution in [2.24, 2.45) is 0 Å². The first kappa shape index (κ1) is 20.5. The predicted octanol–water partition coefficient (Wildman–Crippen LogP) is 5.43. The second-order valence-corrected chi connectivity index (χ2v) is 7.49. The average Bonchev–Trinajstić information content (AvgIpc) is 3.28. The van der Waals surface area contributed by atoms with Gasteiger partial charge in [-0.15, -0.1) is 0 Å². The zero-order valence-electron chi connectivity index (χ0n) is 18.0. The lowest BCUT2D eigenvalue weighted by molar-refractivity contribution is 0.0600. The van der Waals surface area contributed by atoms with Gasteiger partial charge in [-0.25, -0.2) is 9.78 Å². The zero-order valence-corrected chi connectivity index (χ0v) is 18.0. The summed E-state index contributed by atoms with van der Waals surface area (Å²) < 4.78 is 12.8. The Balaban J connectivity index is 1.50. The molecule has 0 aliphatic heterocycles. The average molecular weight is 435 g/mol. The van der Waals surface area contributed by atoms with Crippen LogP contribution in [-0.2, 0) is 11.3 Å². The standard InChI is InChI=1S/C27H21N3O3/c1-32-27(31)21-12-10-20(11-13-21)25-24-17-28-14-15-30(24)26(29-25)22-8-5-9-23(16-22)33-18-19-6-3-2-4-7-19/h2-17H,18H2,1H3. The Bertz CT molecular complexity index is 1410. The van der Waals surface area contributed by atoms with Gasteiger partial charge in [0.05, 0.1) is 30.1 Å². The molecule has 0 unspecified atom stereocenters. The number of aromatic nitrogens is 3. The fourth-order valence-electron chi connectivity index (χ4n) is 3.70. The molecule has 162 valence electrons. The van der Waals surface area contributed by atoms with Gasteiger partial charge < -0.3 is 9.47 Å². The molecule has 0 atom stereocenters. The molecule has 2 heterocycles. The normalized spacial score (nSPS) is 10.8. The summed E-state index contributed by atoms with van der Waals surface area (Å²) in [5.41, 5.74) is 5.07. The van der Waals surface area contributed by atoms with Crippen molar-refractivity contribution in [3.63, 3.8) is 0 Å². The van der Waals surface area contributed by atoms with Crippen LogP contribution in [-0.4, -0.2) is 27.4 Å². The van der Waals surface area contributed by atoms with E-state index < -0.39 is 0 Å². The van der Waals surface area contributed by atoms with E-state index in [2.05, 4.69) is 4.98 Å². The highest BCUT2D eigenvalue weighted by atomic mass is 16.5. The van der Waals surface area contributed by atoms with Gasteiger partial charge >= 0.3 is 5.97 Å². The van der Waals surface area contributed by atoms with Crippen LogP contribution in [0.5, 0.6) is 5.75 Å². The Morgan fingerprint density at radius 3 is 2.55 bits per heavy atom. The lowest BCUT2D eigenvalue weighted by atomic mass is 10.1. The highest BCUT2D eigenvalue weighted by Crippen LogP contribution is 2.31. The summed E-state index contributed by atoms with van der Waals surface area (Å²) in [4.78, 5) is 21.0. The van der Waals surface area contributed by atoms with Gasteiger partial charge in [-0.05, 0) is 29.8 Å². The molecule has 0 radical (unpaired) electrons. The summed E-state index contributed by atoms with van der Waals surface area (Å²) in [6.07, 6.45) is 5.41. The summed E-state index contributed by atoms with van der Waals surface area (Å²) in [7, 11) is 1.37. The molecule has 0 fully saturated rings. The van der Waals surface area contributed by atoms with E-state index in [1.807, 2.05) is 77.3 Å². The van der Waals surface area contributed by atoms with E-state index in [0.717, 1.165) is 39.5 Å². The Morgan fingerprint density at radius 2 is 1.76 bits per heavy atom. The van der Waals surface area contributed by atoms with Crippen molar-refractivity contribution >= 4 is 11.5 Å². The third kappa shape index (κ3) is 4.19. The minimum atomic E-state index is -0.370. The van der Waals surface area contributed by atoms with Crippen molar-refractivity contribution in [3.05, 3.63) is 109 Å². The highest BCUT2D eigenvalue weighted by Gasteiger charge is 2.16. The van der Waals surface area contributed by atoms with Crippen LogP contribution in [0.25, 0.3) is 28.2 Å². The first-order valence-electron chi connectivity index (χ1n) is 10.5. The fourth-order valence-corrected chi connectivity index (χ4v) is 3.70. The Morgan fingerprint density at radius 1 is 0.939 bits per heavy atom. The first-order chi connectivity index (χ1) is 16.2. The van der Waals surface area contributed by atoms with E-state index >= 15 is 0 Å². The van der Waals surface area contributed by atoms with E-state index in [0.29, 0.717) is 12.2 Å². The Kier molecular flexibility index (Phi) is 5.55. The number of rotatable bonds is 6. The molecule has 0 aliphatic carbocycles. The SMILES string of the molecule is COC(=O)c1ccc(-c2nc(-c3cccc(OCc4ccccc4)c3)n3ccncc23)cc1. The maximum Gasteiger partial charge on any atom is 0.337 e. The molecular weight excluding hydrogens is 414 g/mol. The van der Waals surface area contributed by atoms with E-state index in [1.54, 1.807) is 24.5 Å². The van der Waals surface area contributed by atoms with Crippen molar-refractivity contribution < 1.29 is 14.3 Å². The second kappa shape index (κ2) is 8.96. The van der Waals surface area contributed by atoms with Crippen LogP contribution in [0.4, 0.5) is 0 Å². The molecular formula is C27H21N3O3. The molecule has 6 heteroatoms. The Labute approximate surface area is 191 Å². The summed E-state index contributed by atoms with van der Waals surface area (Å²) in [6, 6.07) is 25.2. The molecule has 0 bridgehead atoms. The number of esters is 1. The van der Waals surface area contributed by atoms with Crippen molar-refractivity contribution in [2.75, 3.05) is 7.11 Å². The van der Waals surface area contributed by atoms with Crippen LogP contribution in [0.15, 0.2) is 97.5 Å². The van der Waals surface area contributed by atoms with Gasteiger partial charge in [0.1, 0.15) is 18.2 Å². The van der Waals surface area contributed by atoms with Gasteiger partial charge in [0.25, 0.3) is 0 Å². The molecule has 0 N–H and O–H groups in total. The molecule has 33 heavy (non-hydrogen) atoms. The summed E-state index contributed by atoms with van der Waals surface area (Å²) >= 11 is 0. The number of benzene rings is 3. The van der Waals surface area contributed by atoms with Crippen LogP contribution in [0.3, 0.4) is 0 Å². The van der Waals surface area contributed by atoms with Crippen LogP contribution in [0, 0.1) is 0 Å². The molecule has 3 aromatic carbocycles. The van der Waals surface area contributed by atoms with Gasteiger partial charge in [0.2, 0.25) is 0 Å². The molecule has 6 nitrogen and oxygen atoms in total. The molecule has 2 aromatic heterocycles. The molecule has 0 saturated carbocycles. The van der Waals surface area contributed by atoms with Crippen molar-refractivity contribution in [2.45, 2.75) is 6.61 Å². The quantitative estimate of drug-likeness (QED) is 0.333. The first-order valence-corrected chi connectivity index (χ1v) is 10.5. The van der Waals surface area contributed by atoms with Crippen molar-refractivity contribution in [1.29, 1.82) is 0 Å². The fraction of sp³-hybridized carbons (Fsp3) is 0.0741. The Hall–Kier alpha value is -4.45. The number of hydrogen-bond acceptors (Lipinski definition) is 5. The van der Waals surface area contributed by atoms with Gasteiger partial charge in [-0.2, -0.15) is 0 Å². The molecule has 0 amide bonds. The zero-order chi connectivity index (χ0) is 22.6. The van der Waals surface area contributed by atoms with Gasteiger partial charge in [-0.3, -0.25) is 9.38 Å². The number of carbonyl (C=O) groups is 1. The van der Waals surface area contributed by atoms with Crippen molar-refractivity contribution in [1.82, 2.24) is 14.4 Å².